The lowest BCUT2D eigenvalue weighted by atomic mass is 10.1. The Hall–Kier alpha value is -2.69. The molecule has 104 valence electrons. The van der Waals surface area contributed by atoms with Gasteiger partial charge in [-0.15, -0.1) is 0 Å². The Morgan fingerprint density at radius 2 is 2.10 bits per heavy atom. The SMILES string of the molecule is COc1ccc(C(N)=O)cc1NCc1cccc(O)c1. The molecule has 0 aromatic heterocycles. The number of anilines is 1. The van der Waals surface area contributed by atoms with Gasteiger partial charge in [0.2, 0.25) is 5.91 Å². The minimum Gasteiger partial charge on any atom is -0.508 e. The molecular weight excluding hydrogens is 256 g/mol. The van der Waals surface area contributed by atoms with E-state index in [1.54, 1.807) is 43.5 Å². The van der Waals surface area contributed by atoms with E-state index < -0.39 is 5.91 Å². The fourth-order valence-corrected chi connectivity index (χ4v) is 1.86. The number of aromatic hydroxyl groups is 1. The van der Waals surface area contributed by atoms with Crippen molar-refractivity contribution in [1.29, 1.82) is 0 Å². The van der Waals surface area contributed by atoms with E-state index in [1.165, 1.54) is 0 Å². The zero-order valence-corrected chi connectivity index (χ0v) is 11.1. The summed E-state index contributed by atoms with van der Waals surface area (Å²) < 4.78 is 5.23. The zero-order valence-electron chi connectivity index (χ0n) is 11.1. The molecular formula is C15H16N2O3. The number of benzene rings is 2. The van der Waals surface area contributed by atoms with Crippen molar-refractivity contribution < 1.29 is 14.6 Å². The molecule has 20 heavy (non-hydrogen) atoms. The first-order chi connectivity index (χ1) is 9.60. The standard InChI is InChI=1S/C15H16N2O3/c1-20-14-6-5-11(15(16)19)8-13(14)17-9-10-3-2-4-12(18)7-10/h2-8,17-18H,9H2,1H3,(H2,16,19). The summed E-state index contributed by atoms with van der Waals surface area (Å²) in [5, 5.41) is 12.6. The van der Waals surface area contributed by atoms with Crippen LogP contribution in [0, 0.1) is 0 Å². The number of hydrogen-bond acceptors (Lipinski definition) is 4. The predicted octanol–water partition coefficient (Wildman–Crippen LogP) is 2.11. The van der Waals surface area contributed by atoms with Gasteiger partial charge in [-0.3, -0.25) is 4.79 Å². The number of phenols is 1. The molecule has 0 saturated carbocycles. The molecule has 2 rings (SSSR count). The Morgan fingerprint density at radius 1 is 1.30 bits per heavy atom. The minimum atomic E-state index is -0.493. The van der Waals surface area contributed by atoms with Crippen LogP contribution in [0.5, 0.6) is 11.5 Å². The summed E-state index contributed by atoms with van der Waals surface area (Å²) in [6, 6.07) is 11.9. The van der Waals surface area contributed by atoms with Gasteiger partial charge in [0.25, 0.3) is 0 Å². The molecule has 0 saturated heterocycles. The molecule has 0 aliphatic rings. The summed E-state index contributed by atoms with van der Waals surface area (Å²) in [6.07, 6.45) is 0. The van der Waals surface area contributed by atoms with Crippen LogP contribution >= 0.6 is 0 Å². The van der Waals surface area contributed by atoms with Gasteiger partial charge in [-0.1, -0.05) is 12.1 Å². The fraction of sp³-hybridized carbons (Fsp3) is 0.133. The summed E-state index contributed by atoms with van der Waals surface area (Å²) in [6.45, 7) is 0.493. The smallest absolute Gasteiger partial charge is 0.248 e. The highest BCUT2D eigenvalue weighted by atomic mass is 16.5. The number of nitrogens with two attached hydrogens (primary N) is 1. The van der Waals surface area contributed by atoms with Gasteiger partial charge in [-0.05, 0) is 35.9 Å². The summed E-state index contributed by atoms with van der Waals surface area (Å²) >= 11 is 0. The van der Waals surface area contributed by atoms with E-state index in [0.29, 0.717) is 23.5 Å². The lowest BCUT2D eigenvalue weighted by Crippen LogP contribution is -2.11. The minimum absolute atomic E-state index is 0.210. The second kappa shape index (κ2) is 5.97. The maximum atomic E-state index is 11.2. The number of ether oxygens (including phenoxy) is 1. The number of methoxy groups -OCH3 is 1. The molecule has 0 aliphatic heterocycles. The number of carbonyl (C=O) groups excluding carboxylic acids is 1. The first-order valence-corrected chi connectivity index (χ1v) is 6.10. The Bertz CT molecular complexity index is 626. The van der Waals surface area contributed by atoms with Gasteiger partial charge in [-0.2, -0.15) is 0 Å². The van der Waals surface area contributed by atoms with Crippen molar-refractivity contribution in [3.8, 4) is 11.5 Å². The Balaban J connectivity index is 2.19. The second-order valence-electron chi connectivity index (χ2n) is 4.30. The average molecular weight is 272 g/mol. The first-order valence-electron chi connectivity index (χ1n) is 6.10. The van der Waals surface area contributed by atoms with Gasteiger partial charge in [0.1, 0.15) is 11.5 Å². The van der Waals surface area contributed by atoms with Crippen LogP contribution in [-0.4, -0.2) is 18.1 Å². The first kappa shape index (κ1) is 13.7. The third-order valence-corrected chi connectivity index (χ3v) is 2.88. The van der Waals surface area contributed by atoms with E-state index in [1.807, 2.05) is 6.07 Å². The van der Waals surface area contributed by atoms with Crippen molar-refractivity contribution in [3.05, 3.63) is 53.6 Å². The molecule has 0 spiro atoms. The van der Waals surface area contributed by atoms with Gasteiger partial charge in [0, 0.05) is 12.1 Å². The molecule has 5 heteroatoms. The molecule has 5 nitrogen and oxygen atoms in total. The number of phenolic OH excluding ortho intramolecular Hbond substituents is 1. The molecule has 0 radical (unpaired) electrons. The second-order valence-corrected chi connectivity index (χ2v) is 4.30. The third kappa shape index (κ3) is 3.20. The van der Waals surface area contributed by atoms with Crippen LogP contribution in [0.25, 0.3) is 0 Å². The summed E-state index contributed by atoms with van der Waals surface area (Å²) in [4.78, 5) is 11.2. The molecule has 1 amide bonds. The van der Waals surface area contributed by atoms with E-state index in [-0.39, 0.29) is 5.75 Å². The van der Waals surface area contributed by atoms with Crippen LogP contribution in [0.2, 0.25) is 0 Å². The molecule has 0 bridgehead atoms. The lowest BCUT2D eigenvalue weighted by molar-refractivity contribution is 0.100. The summed E-state index contributed by atoms with van der Waals surface area (Å²) in [5.41, 5.74) is 7.25. The number of primary amides is 1. The van der Waals surface area contributed by atoms with Crippen LogP contribution < -0.4 is 15.8 Å². The lowest BCUT2D eigenvalue weighted by Gasteiger charge is -2.12. The van der Waals surface area contributed by atoms with Crippen LogP contribution in [-0.2, 0) is 6.54 Å². The van der Waals surface area contributed by atoms with Crippen molar-refractivity contribution in [3.63, 3.8) is 0 Å². The number of amides is 1. The molecule has 0 heterocycles. The van der Waals surface area contributed by atoms with Crippen LogP contribution in [0.1, 0.15) is 15.9 Å². The largest absolute Gasteiger partial charge is 0.508 e. The quantitative estimate of drug-likeness (QED) is 0.778. The molecule has 0 aliphatic carbocycles. The van der Waals surface area contributed by atoms with E-state index in [9.17, 15) is 9.90 Å². The zero-order chi connectivity index (χ0) is 14.5. The molecule has 2 aromatic rings. The number of rotatable bonds is 5. The van der Waals surface area contributed by atoms with Gasteiger partial charge in [-0.25, -0.2) is 0 Å². The van der Waals surface area contributed by atoms with Crippen LogP contribution in [0.4, 0.5) is 5.69 Å². The molecule has 0 atom stereocenters. The average Bonchev–Trinajstić information content (AvgIpc) is 2.44. The highest BCUT2D eigenvalue weighted by Gasteiger charge is 2.07. The van der Waals surface area contributed by atoms with E-state index >= 15 is 0 Å². The van der Waals surface area contributed by atoms with Crippen molar-refractivity contribution in [1.82, 2.24) is 0 Å². The predicted molar refractivity (Wildman–Crippen MR) is 76.9 cm³/mol. The normalized spacial score (nSPS) is 10.1. The summed E-state index contributed by atoms with van der Waals surface area (Å²) in [5.74, 6) is 0.338. The fourth-order valence-electron chi connectivity index (χ4n) is 1.86. The molecule has 2 aromatic carbocycles. The van der Waals surface area contributed by atoms with Crippen molar-refractivity contribution in [2.45, 2.75) is 6.54 Å². The Kier molecular flexibility index (Phi) is 4.10. The van der Waals surface area contributed by atoms with E-state index in [4.69, 9.17) is 10.5 Å². The number of nitrogens with one attached hydrogen (secondary N) is 1. The maximum absolute atomic E-state index is 11.2. The van der Waals surface area contributed by atoms with Crippen molar-refractivity contribution in [2.75, 3.05) is 12.4 Å². The van der Waals surface area contributed by atoms with E-state index in [0.717, 1.165) is 5.56 Å². The monoisotopic (exact) mass is 272 g/mol. The third-order valence-electron chi connectivity index (χ3n) is 2.88. The Morgan fingerprint density at radius 3 is 2.75 bits per heavy atom. The molecule has 0 unspecified atom stereocenters. The van der Waals surface area contributed by atoms with Crippen LogP contribution in [0.15, 0.2) is 42.5 Å². The van der Waals surface area contributed by atoms with Gasteiger partial charge >= 0.3 is 0 Å². The number of hydrogen-bond donors (Lipinski definition) is 3. The highest BCUT2D eigenvalue weighted by molar-refractivity contribution is 5.94. The highest BCUT2D eigenvalue weighted by Crippen LogP contribution is 2.26. The molecule has 4 N–H and O–H groups in total. The topological polar surface area (TPSA) is 84.6 Å². The molecule has 0 fully saturated rings. The maximum Gasteiger partial charge on any atom is 0.248 e. The Labute approximate surface area is 117 Å². The summed E-state index contributed by atoms with van der Waals surface area (Å²) in [7, 11) is 1.55. The van der Waals surface area contributed by atoms with Gasteiger partial charge < -0.3 is 20.9 Å². The van der Waals surface area contributed by atoms with Gasteiger partial charge in [0.05, 0.1) is 12.8 Å². The van der Waals surface area contributed by atoms with Gasteiger partial charge in [0.15, 0.2) is 0 Å². The van der Waals surface area contributed by atoms with E-state index in [2.05, 4.69) is 5.32 Å². The van der Waals surface area contributed by atoms with Crippen LogP contribution in [0.3, 0.4) is 0 Å². The van der Waals surface area contributed by atoms with Crippen molar-refractivity contribution in [2.24, 2.45) is 5.73 Å². The van der Waals surface area contributed by atoms with Crippen molar-refractivity contribution >= 4 is 11.6 Å². The number of carbonyl (C=O) groups is 1.